The van der Waals surface area contributed by atoms with Gasteiger partial charge in [0.25, 0.3) is 0 Å². The molecular formula is C16H30N2. The molecule has 3 fully saturated rings. The maximum absolute atomic E-state index is 3.59. The van der Waals surface area contributed by atoms with Gasteiger partial charge in [0.05, 0.1) is 0 Å². The van der Waals surface area contributed by atoms with E-state index in [0.29, 0.717) is 0 Å². The van der Waals surface area contributed by atoms with Crippen molar-refractivity contribution in [2.45, 2.75) is 45.6 Å². The SMILES string of the molecule is CN(CCNC(C)(C)C)CC1C2C3CCC(C3)C12. The van der Waals surface area contributed by atoms with Crippen molar-refractivity contribution in [1.82, 2.24) is 10.2 Å². The van der Waals surface area contributed by atoms with Gasteiger partial charge in [-0.25, -0.2) is 0 Å². The number of fused-ring (bicyclic) bond motifs is 5. The molecule has 0 saturated heterocycles. The normalized spacial score (nSPS) is 41.5. The Morgan fingerprint density at radius 3 is 2.28 bits per heavy atom. The molecule has 1 N–H and O–H groups in total. The summed E-state index contributed by atoms with van der Waals surface area (Å²) in [4.78, 5) is 2.56. The first-order valence-electron chi connectivity index (χ1n) is 7.89. The highest BCUT2D eigenvalue weighted by Crippen LogP contribution is 2.69. The summed E-state index contributed by atoms with van der Waals surface area (Å²) in [5.41, 5.74) is 0.260. The highest BCUT2D eigenvalue weighted by Gasteiger charge is 2.64. The molecule has 104 valence electrons. The fourth-order valence-corrected chi connectivity index (χ4v) is 4.82. The average Bonchev–Trinajstić information content (AvgIpc) is 2.69. The minimum atomic E-state index is 0.260. The maximum Gasteiger partial charge on any atom is 0.0104 e. The van der Waals surface area contributed by atoms with Crippen molar-refractivity contribution in [1.29, 1.82) is 0 Å². The first kappa shape index (κ1) is 12.9. The van der Waals surface area contributed by atoms with Crippen molar-refractivity contribution < 1.29 is 0 Å². The second-order valence-electron chi connectivity index (χ2n) is 8.09. The Kier molecular flexibility index (Phi) is 3.22. The Bertz CT molecular complexity index is 291. The molecule has 2 bridgehead atoms. The van der Waals surface area contributed by atoms with Gasteiger partial charge >= 0.3 is 0 Å². The lowest BCUT2D eigenvalue weighted by Crippen LogP contribution is -2.41. The van der Waals surface area contributed by atoms with Gasteiger partial charge in [0.1, 0.15) is 0 Å². The summed E-state index contributed by atoms with van der Waals surface area (Å²) in [5, 5.41) is 3.59. The van der Waals surface area contributed by atoms with Gasteiger partial charge in [-0.3, -0.25) is 0 Å². The number of rotatable bonds is 5. The fourth-order valence-electron chi connectivity index (χ4n) is 4.82. The molecule has 2 heteroatoms. The maximum atomic E-state index is 3.59. The van der Waals surface area contributed by atoms with Crippen LogP contribution in [0.3, 0.4) is 0 Å². The van der Waals surface area contributed by atoms with E-state index in [-0.39, 0.29) is 5.54 Å². The first-order chi connectivity index (χ1) is 8.46. The Balaban J connectivity index is 1.37. The van der Waals surface area contributed by atoms with E-state index in [1.165, 1.54) is 13.1 Å². The zero-order chi connectivity index (χ0) is 12.9. The summed E-state index contributed by atoms with van der Waals surface area (Å²) >= 11 is 0. The molecule has 0 aliphatic heterocycles. The zero-order valence-electron chi connectivity index (χ0n) is 12.6. The van der Waals surface area contributed by atoms with Crippen LogP contribution < -0.4 is 5.32 Å². The van der Waals surface area contributed by atoms with Crippen LogP contribution in [0.1, 0.15) is 40.0 Å². The van der Waals surface area contributed by atoms with Crippen molar-refractivity contribution in [3.63, 3.8) is 0 Å². The van der Waals surface area contributed by atoms with Gasteiger partial charge in [-0.1, -0.05) is 0 Å². The van der Waals surface area contributed by atoms with Gasteiger partial charge in [0.15, 0.2) is 0 Å². The van der Waals surface area contributed by atoms with Crippen LogP contribution >= 0.6 is 0 Å². The van der Waals surface area contributed by atoms with E-state index in [1.54, 1.807) is 19.3 Å². The molecule has 2 nitrogen and oxygen atoms in total. The predicted octanol–water partition coefficient (Wildman–Crippen LogP) is 2.60. The molecule has 0 aromatic carbocycles. The molecule has 4 unspecified atom stereocenters. The smallest absolute Gasteiger partial charge is 0.0104 e. The van der Waals surface area contributed by atoms with E-state index < -0.39 is 0 Å². The number of hydrogen-bond donors (Lipinski definition) is 1. The van der Waals surface area contributed by atoms with Crippen LogP contribution in [-0.4, -0.2) is 37.1 Å². The van der Waals surface area contributed by atoms with Gasteiger partial charge in [0.2, 0.25) is 0 Å². The molecule has 3 aliphatic carbocycles. The van der Waals surface area contributed by atoms with E-state index in [0.717, 1.165) is 36.1 Å². The third-order valence-electron chi connectivity index (χ3n) is 5.57. The van der Waals surface area contributed by atoms with Gasteiger partial charge in [0, 0.05) is 25.2 Å². The molecule has 0 amide bonds. The van der Waals surface area contributed by atoms with Gasteiger partial charge in [-0.15, -0.1) is 0 Å². The second kappa shape index (κ2) is 4.49. The van der Waals surface area contributed by atoms with E-state index in [2.05, 4.69) is 38.0 Å². The van der Waals surface area contributed by atoms with Gasteiger partial charge in [-0.05, 0) is 76.7 Å². The molecule has 0 radical (unpaired) electrons. The molecule has 4 atom stereocenters. The van der Waals surface area contributed by atoms with Gasteiger partial charge < -0.3 is 10.2 Å². The molecule has 0 aromatic rings. The summed E-state index contributed by atoms with van der Waals surface area (Å²) in [5.74, 6) is 5.61. The summed E-state index contributed by atoms with van der Waals surface area (Å²) < 4.78 is 0. The third kappa shape index (κ3) is 2.46. The molecule has 3 saturated carbocycles. The molecule has 3 rings (SSSR count). The van der Waals surface area contributed by atoms with Crippen LogP contribution in [0, 0.1) is 29.6 Å². The average molecular weight is 250 g/mol. The third-order valence-corrected chi connectivity index (χ3v) is 5.57. The summed E-state index contributed by atoms with van der Waals surface area (Å²) in [7, 11) is 2.31. The highest BCUT2D eigenvalue weighted by molar-refractivity contribution is 5.13. The van der Waals surface area contributed by atoms with Crippen molar-refractivity contribution >= 4 is 0 Å². The first-order valence-corrected chi connectivity index (χ1v) is 7.89. The van der Waals surface area contributed by atoms with E-state index in [9.17, 15) is 0 Å². The number of nitrogens with zero attached hydrogens (tertiary/aromatic N) is 1. The summed E-state index contributed by atoms with van der Waals surface area (Å²) in [6.45, 7) is 10.4. The molecule has 0 spiro atoms. The number of hydrogen-bond acceptors (Lipinski definition) is 2. The van der Waals surface area contributed by atoms with Crippen molar-refractivity contribution in [2.24, 2.45) is 29.6 Å². The van der Waals surface area contributed by atoms with Crippen LogP contribution in [0.5, 0.6) is 0 Å². The molecule has 18 heavy (non-hydrogen) atoms. The van der Waals surface area contributed by atoms with Crippen molar-refractivity contribution in [2.75, 3.05) is 26.7 Å². The topological polar surface area (TPSA) is 15.3 Å². The minimum absolute atomic E-state index is 0.260. The molecular weight excluding hydrogens is 220 g/mol. The quantitative estimate of drug-likeness (QED) is 0.807. The zero-order valence-corrected chi connectivity index (χ0v) is 12.6. The second-order valence-corrected chi connectivity index (χ2v) is 8.09. The number of likely N-dealkylation sites (N-methyl/N-ethyl adjacent to an activating group) is 1. The lowest BCUT2D eigenvalue weighted by atomic mass is 10.0. The summed E-state index contributed by atoms with van der Waals surface area (Å²) in [6.07, 6.45) is 4.69. The van der Waals surface area contributed by atoms with Crippen LogP contribution in [0.2, 0.25) is 0 Å². The summed E-state index contributed by atoms with van der Waals surface area (Å²) in [6, 6.07) is 0. The van der Waals surface area contributed by atoms with Crippen LogP contribution in [0.25, 0.3) is 0 Å². The van der Waals surface area contributed by atoms with Gasteiger partial charge in [-0.2, -0.15) is 0 Å². The van der Waals surface area contributed by atoms with Crippen molar-refractivity contribution in [3.8, 4) is 0 Å². The van der Waals surface area contributed by atoms with Crippen molar-refractivity contribution in [3.05, 3.63) is 0 Å². The predicted molar refractivity (Wildman–Crippen MR) is 76.6 cm³/mol. The molecule has 3 aliphatic rings. The highest BCUT2D eigenvalue weighted by atomic mass is 15.1. The van der Waals surface area contributed by atoms with Crippen LogP contribution in [-0.2, 0) is 0 Å². The Labute approximate surface area is 113 Å². The minimum Gasteiger partial charge on any atom is -0.311 e. The fraction of sp³-hybridized carbons (Fsp3) is 1.00. The van der Waals surface area contributed by atoms with E-state index >= 15 is 0 Å². The molecule has 0 aromatic heterocycles. The lowest BCUT2D eigenvalue weighted by molar-refractivity contribution is 0.276. The lowest BCUT2D eigenvalue weighted by Gasteiger charge is -2.24. The largest absolute Gasteiger partial charge is 0.311 e. The monoisotopic (exact) mass is 250 g/mol. The van der Waals surface area contributed by atoms with Crippen LogP contribution in [0.4, 0.5) is 0 Å². The standard InChI is InChI=1S/C16H30N2/c1-16(2,3)17-7-8-18(4)10-13-14-11-5-6-12(9-11)15(13)14/h11-15,17H,5-10H2,1-4H3. The van der Waals surface area contributed by atoms with E-state index in [1.807, 2.05) is 0 Å². The Hall–Kier alpha value is -0.0800. The molecule has 0 heterocycles. The Morgan fingerprint density at radius 2 is 1.72 bits per heavy atom. The number of nitrogens with one attached hydrogen (secondary N) is 1. The van der Waals surface area contributed by atoms with E-state index in [4.69, 9.17) is 0 Å². The Morgan fingerprint density at radius 1 is 1.11 bits per heavy atom. The van der Waals surface area contributed by atoms with Crippen LogP contribution in [0.15, 0.2) is 0 Å².